The van der Waals surface area contributed by atoms with E-state index in [1.165, 1.54) is 0 Å². The lowest BCUT2D eigenvalue weighted by Gasteiger charge is -2.08. The van der Waals surface area contributed by atoms with Gasteiger partial charge in [0.2, 0.25) is 0 Å². The molecule has 0 aliphatic rings. The van der Waals surface area contributed by atoms with Crippen LogP contribution >= 0.6 is 0 Å². The summed E-state index contributed by atoms with van der Waals surface area (Å²) in [5.41, 5.74) is 9.28. The molecule has 16 heavy (non-hydrogen) atoms. The lowest BCUT2D eigenvalue weighted by molar-refractivity contribution is 0.623. The minimum Gasteiger partial charge on any atom is -0.398 e. The van der Waals surface area contributed by atoms with Crippen molar-refractivity contribution in [1.82, 2.24) is 0 Å². The second-order valence-corrected chi connectivity index (χ2v) is 4.01. The Morgan fingerprint density at radius 2 is 1.81 bits per heavy atom. The fourth-order valence-electron chi connectivity index (χ4n) is 1.74. The molecule has 0 fully saturated rings. The van der Waals surface area contributed by atoms with Gasteiger partial charge in [-0.25, -0.2) is 4.39 Å². The van der Waals surface area contributed by atoms with Crippen molar-refractivity contribution in [2.45, 2.75) is 13.8 Å². The van der Waals surface area contributed by atoms with Crippen LogP contribution in [0.2, 0.25) is 0 Å². The standard InChI is InChI=1S/C14H14FN/c1-9-4-3-5-11(8-9)12-6-7-13(16)10(2)14(12)15/h3-8H,16H2,1-2H3. The lowest BCUT2D eigenvalue weighted by atomic mass is 10.00. The van der Waals surface area contributed by atoms with E-state index in [1.807, 2.05) is 31.2 Å². The van der Waals surface area contributed by atoms with Crippen LogP contribution in [-0.2, 0) is 0 Å². The van der Waals surface area contributed by atoms with Gasteiger partial charge in [0.05, 0.1) is 0 Å². The predicted molar refractivity (Wildman–Crippen MR) is 65.7 cm³/mol. The Hall–Kier alpha value is -1.83. The molecule has 0 unspecified atom stereocenters. The minimum atomic E-state index is -0.231. The molecule has 2 aromatic rings. The summed E-state index contributed by atoms with van der Waals surface area (Å²) in [4.78, 5) is 0. The monoisotopic (exact) mass is 215 g/mol. The zero-order chi connectivity index (χ0) is 11.7. The average molecular weight is 215 g/mol. The van der Waals surface area contributed by atoms with Crippen molar-refractivity contribution in [3.05, 3.63) is 53.3 Å². The van der Waals surface area contributed by atoms with Crippen molar-refractivity contribution in [3.63, 3.8) is 0 Å². The summed E-state index contributed by atoms with van der Waals surface area (Å²) in [6.07, 6.45) is 0. The van der Waals surface area contributed by atoms with Gasteiger partial charge in [0.1, 0.15) is 5.82 Å². The minimum absolute atomic E-state index is 0.231. The van der Waals surface area contributed by atoms with Crippen molar-refractivity contribution in [2.24, 2.45) is 0 Å². The molecule has 0 saturated carbocycles. The second kappa shape index (κ2) is 3.97. The zero-order valence-electron chi connectivity index (χ0n) is 9.42. The molecular formula is C14H14FN. The smallest absolute Gasteiger partial charge is 0.135 e. The van der Waals surface area contributed by atoms with Gasteiger partial charge in [-0.3, -0.25) is 0 Å². The number of hydrogen-bond donors (Lipinski definition) is 1. The van der Waals surface area contributed by atoms with Crippen LogP contribution in [-0.4, -0.2) is 0 Å². The molecule has 0 bridgehead atoms. The molecule has 0 atom stereocenters. The summed E-state index contributed by atoms with van der Waals surface area (Å²) in [6.45, 7) is 3.69. The number of nitrogens with two attached hydrogens (primary N) is 1. The molecule has 0 aliphatic carbocycles. The molecule has 0 aliphatic heterocycles. The molecule has 2 N–H and O–H groups in total. The van der Waals surface area contributed by atoms with E-state index >= 15 is 0 Å². The maximum absolute atomic E-state index is 14.0. The number of halogens is 1. The van der Waals surface area contributed by atoms with Crippen LogP contribution in [0.5, 0.6) is 0 Å². The Morgan fingerprint density at radius 3 is 2.50 bits per heavy atom. The summed E-state index contributed by atoms with van der Waals surface area (Å²) in [5, 5.41) is 0. The first-order chi connectivity index (χ1) is 7.59. The predicted octanol–water partition coefficient (Wildman–Crippen LogP) is 3.69. The molecule has 0 spiro atoms. The van der Waals surface area contributed by atoms with Crippen LogP contribution in [0.15, 0.2) is 36.4 Å². The highest BCUT2D eigenvalue weighted by molar-refractivity contribution is 5.69. The largest absolute Gasteiger partial charge is 0.398 e. The number of aryl methyl sites for hydroxylation is 1. The number of benzene rings is 2. The normalized spacial score (nSPS) is 10.4. The topological polar surface area (TPSA) is 26.0 Å². The summed E-state index contributed by atoms with van der Waals surface area (Å²) >= 11 is 0. The molecule has 82 valence electrons. The van der Waals surface area contributed by atoms with E-state index in [-0.39, 0.29) is 5.82 Å². The summed E-state index contributed by atoms with van der Waals surface area (Å²) in [6, 6.07) is 11.3. The molecule has 0 radical (unpaired) electrons. The molecule has 0 amide bonds. The molecule has 2 aromatic carbocycles. The molecule has 0 heterocycles. The number of rotatable bonds is 1. The van der Waals surface area contributed by atoms with Crippen molar-refractivity contribution >= 4 is 5.69 Å². The van der Waals surface area contributed by atoms with Gasteiger partial charge in [0, 0.05) is 16.8 Å². The third kappa shape index (κ3) is 1.78. The van der Waals surface area contributed by atoms with Crippen LogP contribution in [0.25, 0.3) is 11.1 Å². The van der Waals surface area contributed by atoms with Crippen molar-refractivity contribution < 1.29 is 4.39 Å². The highest BCUT2D eigenvalue weighted by atomic mass is 19.1. The average Bonchev–Trinajstić information content (AvgIpc) is 2.26. The first-order valence-corrected chi connectivity index (χ1v) is 5.21. The number of hydrogen-bond acceptors (Lipinski definition) is 1. The van der Waals surface area contributed by atoms with Gasteiger partial charge in [0.15, 0.2) is 0 Å². The third-order valence-electron chi connectivity index (χ3n) is 2.76. The maximum atomic E-state index is 14.0. The third-order valence-corrected chi connectivity index (χ3v) is 2.76. The number of anilines is 1. The first-order valence-electron chi connectivity index (χ1n) is 5.21. The Morgan fingerprint density at radius 1 is 1.06 bits per heavy atom. The van der Waals surface area contributed by atoms with E-state index < -0.39 is 0 Å². The van der Waals surface area contributed by atoms with E-state index in [9.17, 15) is 4.39 Å². The SMILES string of the molecule is Cc1cccc(-c2ccc(N)c(C)c2F)c1. The fraction of sp³-hybridized carbons (Fsp3) is 0.143. The van der Waals surface area contributed by atoms with Crippen LogP contribution in [0.4, 0.5) is 10.1 Å². The Balaban J connectivity index is 2.61. The van der Waals surface area contributed by atoms with Gasteiger partial charge < -0.3 is 5.73 Å². The maximum Gasteiger partial charge on any atom is 0.135 e. The Bertz CT molecular complexity index is 532. The van der Waals surface area contributed by atoms with Crippen LogP contribution < -0.4 is 5.73 Å². The molecule has 0 saturated heterocycles. The van der Waals surface area contributed by atoms with E-state index in [1.54, 1.807) is 19.1 Å². The van der Waals surface area contributed by atoms with Gasteiger partial charge >= 0.3 is 0 Å². The zero-order valence-corrected chi connectivity index (χ0v) is 9.42. The van der Waals surface area contributed by atoms with Gasteiger partial charge in [-0.05, 0) is 31.5 Å². The van der Waals surface area contributed by atoms with Crippen molar-refractivity contribution in [1.29, 1.82) is 0 Å². The quantitative estimate of drug-likeness (QED) is 0.721. The van der Waals surface area contributed by atoms with Crippen molar-refractivity contribution in [3.8, 4) is 11.1 Å². The van der Waals surface area contributed by atoms with E-state index in [0.717, 1.165) is 11.1 Å². The molecule has 2 heteroatoms. The number of nitrogen functional groups attached to an aromatic ring is 1. The Kier molecular flexibility index (Phi) is 2.65. The summed E-state index contributed by atoms with van der Waals surface area (Å²) in [5.74, 6) is -0.231. The molecular weight excluding hydrogens is 201 g/mol. The fourth-order valence-corrected chi connectivity index (χ4v) is 1.74. The first kappa shape index (κ1) is 10.7. The van der Waals surface area contributed by atoms with Crippen LogP contribution in [0.1, 0.15) is 11.1 Å². The van der Waals surface area contributed by atoms with Crippen molar-refractivity contribution in [2.75, 3.05) is 5.73 Å². The van der Waals surface area contributed by atoms with E-state index in [0.29, 0.717) is 16.8 Å². The summed E-state index contributed by atoms with van der Waals surface area (Å²) < 4.78 is 14.0. The second-order valence-electron chi connectivity index (χ2n) is 4.01. The van der Waals surface area contributed by atoms with Crippen LogP contribution in [0, 0.1) is 19.7 Å². The van der Waals surface area contributed by atoms with Gasteiger partial charge in [-0.2, -0.15) is 0 Å². The Labute approximate surface area is 94.7 Å². The van der Waals surface area contributed by atoms with Gasteiger partial charge in [0.25, 0.3) is 0 Å². The van der Waals surface area contributed by atoms with Gasteiger partial charge in [-0.15, -0.1) is 0 Å². The summed E-state index contributed by atoms with van der Waals surface area (Å²) in [7, 11) is 0. The highest BCUT2D eigenvalue weighted by Gasteiger charge is 2.09. The molecule has 1 nitrogen and oxygen atoms in total. The molecule has 0 aromatic heterocycles. The van der Waals surface area contributed by atoms with E-state index in [2.05, 4.69) is 0 Å². The lowest BCUT2D eigenvalue weighted by Crippen LogP contribution is -1.95. The van der Waals surface area contributed by atoms with Crippen LogP contribution in [0.3, 0.4) is 0 Å². The van der Waals surface area contributed by atoms with E-state index in [4.69, 9.17) is 5.73 Å². The molecule has 2 rings (SSSR count). The van der Waals surface area contributed by atoms with Gasteiger partial charge in [-0.1, -0.05) is 29.8 Å². The highest BCUT2D eigenvalue weighted by Crippen LogP contribution is 2.28.